The summed E-state index contributed by atoms with van der Waals surface area (Å²) in [7, 11) is 1.71. The minimum atomic E-state index is -0.299. The molecule has 0 spiro atoms. The monoisotopic (exact) mass is 355 g/mol. The third kappa shape index (κ3) is 2.77. The van der Waals surface area contributed by atoms with Crippen LogP contribution < -0.4 is 5.56 Å². The Bertz CT molecular complexity index is 1020. The van der Waals surface area contributed by atoms with E-state index in [-0.39, 0.29) is 29.9 Å². The molecule has 0 bridgehead atoms. The van der Waals surface area contributed by atoms with Gasteiger partial charge in [-0.3, -0.25) is 18.8 Å². The van der Waals surface area contributed by atoms with Crippen molar-refractivity contribution in [3.8, 4) is 0 Å². The van der Waals surface area contributed by atoms with Crippen LogP contribution in [0.3, 0.4) is 0 Å². The smallest absolute Gasteiger partial charge is 0.264 e. The van der Waals surface area contributed by atoms with Crippen LogP contribution in [0.2, 0.25) is 0 Å². The fraction of sp³-hybridized carbons (Fsp3) is 0.333. The van der Waals surface area contributed by atoms with Crippen LogP contribution in [0, 0.1) is 5.82 Å². The molecule has 4 rings (SSSR count). The summed E-state index contributed by atoms with van der Waals surface area (Å²) in [6.45, 7) is 0.548. The van der Waals surface area contributed by atoms with Gasteiger partial charge in [0.25, 0.3) is 5.56 Å². The number of carbonyl (C=O) groups excluding carboxylic acids is 1. The molecule has 3 aromatic rings. The van der Waals surface area contributed by atoms with Crippen LogP contribution in [-0.4, -0.2) is 36.7 Å². The zero-order valence-electron chi connectivity index (χ0n) is 14.3. The summed E-state index contributed by atoms with van der Waals surface area (Å²) in [5, 5.41) is 4.42. The maximum absolute atomic E-state index is 13.2. The van der Waals surface area contributed by atoms with Crippen molar-refractivity contribution in [3.63, 3.8) is 0 Å². The predicted octanol–water partition coefficient (Wildman–Crippen LogP) is 1.63. The predicted molar refractivity (Wildman–Crippen MR) is 92.9 cm³/mol. The molecule has 26 heavy (non-hydrogen) atoms. The Morgan fingerprint density at radius 2 is 2.08 bits per heavy atom. The molecule has 3 heterocycles. The Balaban J connectivity index is 1.58. The van der Waals surface area contributed by atoms with Crippen molar-refractivity contribution >= 4 is 16.9 Å². The molecule has 0 aliphatic carbocycles. The van der Waals surface area contributed by atoms with Gasteiger partial charge in [0.2, 0.25) is 5.91 Å². The molecule has 134 valence electrons. The second-order valence-electron chi connectivity index (χ2n) is 6.48. The first kappa shape index (κ1) is 16.4. The fourth-order valence-electron chi connectivity index (χ4n) is 3.51. The molecule has 1 atom stereocenters. The van der Waals surface area contributed by atoms with Crippen molar-refractivity contribution in [2.24, 2.45) is 7.05 Å². The van der Waals surface area contributed by atoms with Crippen LogP contribution in [0.5, 0.6) is 0 Å². The highest BCUT2D eigenvalue weighted by atomic mass is 19.1. The van der Waals surface area contributed by atoms with Gasteiger partial charge >= 0.3 is 0 Å². The van der Waals surface area contributed by atoms with Gasteiger partial charge in [0.1, 0.15) is 24.1 Å². The van der Waals surface area contributed by atoms with E-state index < -0.39 is 0 Å². The molecular weight excluding hydrogens is 337 g/mol. The first-order valence-electron chi connectivity index (χ1n) is 8.46. The highest BCUT2D eigenvalue weighted by Crippen LogP contribution is 2.32. The second kappa shape index (κ2) is 6.36. The molecule has 1 saturated heterocycles. The maximum Gasteiger partial charge on any atom is 0.264 e. The number of hydrogen-bond acceptors (Lipinski definition) is 4. The number of hydrogen-bond donors (Lipinski definition) is 0. The number of rotatable bonds is 3. The van der Waals surface area contributed by atoms with Crippen molar-refractivity contribution in [1.29, 1.82) is 0 Å². The van der Waals surface area contributed by atoms with E-state index in [1.165, 1.54) is 33.9 Å². The number of likely N-dealkylation sites (tertiary alicyclic amines) is 1. The number of carbonyl (C=O) groups is 1. The number of benzene rings is 1. The van der Waals surface area contributed by atoms with E-state index >= 15 is 0 Å². The minimum Gasteiger partial charge on any atom is -0.334 e. The number of fused-ring (bicyclic) bond motifs is 1. The van der Waals surface area contributed by atoms with Crippen LogP contribution in [-0.2, 0) is 18.4 Å². The zero-order chi connectivity index (χ0) is 18.3. The van der Waals surface area contributed by atoms with E-state index in [4.69, 9.17) is 0 Å². The van der Waals surface area contributed by atoms with Crippen LogP contribution in [0.4, 0.5) is 4.39 Å². The van der Waals surface area contributed by atoms with Gasteiger partial charge in [-0.15, -0.1) is 0 Å². The summed E-state index contributed by atoms with van der Waals surface area (Å²) >= 11 is 0. The normalized spacial score (nSPS) is 17.2. The fourth-order valence-corrected chi connectivity index (χ4v) is 3.51. The van der Waals surface area contributed by atoms with Gasteiger partial charge in [-0.2, -0.15) is 5.10 Å². The number of amides is 1. The number of aryl methyl sites for hydroxylation is 1. The molecular formula is C18H18FN5O2. The van der Waals surface area contributed by atoms with Crippen molar-refractivity contribution in [3.05, 3.63) is 58.5 Å². The lowest BCUT2D eigenvalue weighted by Crippen LogP contribution is -2.36. The van der Waals surface area contributed by atoms with Gasteiger partial charge in [0.15, 0.2) is 5.65 Å². The summed E-state index contributed by atoms with van der Waals surface area (Å²) < 4.78 is 16.0. The van der Waals surface area contributed by atoms with Crippen LogP contribution in [0.1, 0.15) is 24.4 Å². The quantitative estimate of drug-likeness (QED) is 0.716. The molecule has 1 unspecified atom stereocenters. The van der Waals surface area contributed by atoms with E-state index in [1.807, 2.05) is 0 Å². The van der Waals surface area contributed by atoms with Crippen molar-refractivity contribution in [2.75, 3.05) is 6.54 Å². The van der Waals surface area contributed by atoms with E-state index in [9.17, 15) is 14.0 Å². The van der Waals surface area contributed by atoms with E-state index in [1.54, 1.807) is 24.1 Å². The number of nitrogens with zero attached hydrogens (tertiary/aromatic N) is 5. The molecule has 8 heteroatoms. The summed E-state index contributed by atoms with van der Waals surface area (Å²) in [6.07, 6.45) is 4.55. The highest BCUT2D eigenvalue weighted by molar-refractivity contribution is 5.78. The van der Waals surface area contributed by atoms with Gasteiger partial charge in [-0.05, 0) is 30.5 Å². The summed E-state index contributed by atoms with van der Waals surface area (Å²) in [6, 6.07) is 6.14. The lowest BCUT2D eigenvalue weighted by atomic mass is 10.0. The molecule has 1 aromatic carbocycles. The highest BCUT2D eigenvalue weighted by Gasteiger charge is 2.30. The summed E-state index contributed by atoms with van der Waals surface area (Å²) in [4.78, 5) is 31.3. The summed E-state index contributed by atoms with van der Waals surface area (Å²) in [5.74, 6) is -0.448. The average molecular weight is 355 g/mol. The molecule has 1 aliphatic rings. The molecule has 0 radical (unpaired) electrons. The Morgan fingerprint density at radius 1 is 1.31 bits per heavy atom. The Labute approximate surface area is 148 Å². The lowest BCUT2D eigenvalue weighted by molar-refractivity contribution is -0.132. The largest absolute Gasteiger partial charge is 0.334 e. The molecule has 7 nitrogen and oxygen atoms in total. The molecule has 1 aliphatic heterocycles. The maximum atomic E-state index is 13.2. The topological polar surface area (TPSA) is 73.0 Å². The minimum absolute atomic E-state index is 0.0750. The van der Waals surface area contributed by atoms with E-state index in [0.29, 0.717) is 17.6 Å². The molecule has 0 N–H and O–H groups in total. The van der Waals surface area contributed by atoms with Gasteiger partial charge in [0, 0.05) is 13.6 Å². The SMILES string of the molecule is Cn1ncc2c(=O)n(CC(=O)N3CCCC3c3ccc(F)cc3)cnc21. The first-order valence-corrected chi connectivity index (χ1v) is 8.46. The molecule has 1 fully saturated rings. The lowest BCUT2D eigenvalue weighted by Gasteiger charge is -2.25. The van der Waals surface area contributed by atoms with Crippen LogP contribution >= 0.6 is 0 Å². The van der Waals surface area contributed by atoms with Gasteiger partial charge in [0.05, 0.1) is 12.2 Å². The number of halogens is 1. The Kier molecular flexibility index (Phi) is 4.02. The van der Waals surface area contributed by atoms with E-state index in [2.05, 4.69) is 10.1 Å². The van der Waals surface area contributed by atoms with Crippen LogP contribution in [0.15, 0.2) is 41.6 Å². The third-order valence-corrected chi connectivity index (χ3v) is 4.85. The Hall–Kier alpha value is -3.03. The second-order valence-corrected chi connectivity index (χ2v) is 6.48. The van der Waals surface area contributed by atoms with E-state index in [0.717, 1.165) is 18.4 Å². The standard InChI is InChI=1S/C18H18FN5O2/c1-22-17-14(9-21-22)18(26)23(11-20-17)10-16(25)24-8-2-3-15(24)12-4-6-13(19)7-5-12/h4-7,9,11,15H,2-3,8,10H2,1H3. The zero-order valence-corrected chi connectivity index (χ0v) is 14.3. The van der Waals surface area contributed by atoms with Crippen molar-refractivity contribution in [1.82, 2.24) is 24.2 Å². The van der Waals surface area contributed by atoms with Crippen molar-refractivity contribution in [2.45, 2.75) is 25.4 Å². The van der Waals surface area contributed by atoms with Gasteiger partial charge < -0.3 is 4.90 Å². The van der Waals surface area contributed by atoms with Gasteiger partial charge in [-0.25, -0.2) is 9.37 Å². The molecule has 1 amide bonds. The third-order valence-electron chi connectivity index (χ3n) is 4.85. The van der Waals surface area contributed by atoms with Crippen LogP contribution in [0.25, 0.3) is 11.0 Å². The molecule has 0 saturated carbocycles. The Morgan fingerprint density at radius 3 is 2.85 bits per heavy atom. The summed E-state index contributed by atoms with van der Waals surface area (Å²) in [5.41, 5.74) is 1.11. The number of aromatic nitrogens is 4. The van der Waals surface area contributed by atoms with Gasteiger partial charge in [-0.1, -0.05) is 12.1 Å². The molecule has 2 aromatic heterocycles. The first-order chi connectivity index (χ1) is 12.5. The van der Waals surface area contributed by atoms with Crippen molar-refractivity contribution < 1.29 is 9.18 Å². The average Bonchev–Trinajstić information content (AvgIpc) is 3.26.